The lowest BCUT2D eigenvalue weighted by Crippen LogP contribution is -2.41. The zero-order chi connectivity index (χ0) is 11.9. The van der Waals surface area contributed by atoms with Crippen LogP contribution in [-0.4, -0.2) is 22.1 Å². The summed E-state index contributed by atoms with van der Waals surface area (Å²) in [5.41, 5.74) is 6.95. The van der Waals surface area contributed by atoms with E-state index in [1.165, 1.54) is 16.2 Å². The molecular formula is C10H11N3O2S. The minimum absolute atomic E-state index is 0.0606. The van der Waals surface area contributed by atoms with Gasteiger partial charge in [-0.3, -0.25) is 0 Å². The normalized spacial score (nSPS) is 19.0. The number of nitrogen functional groups attached to an aromatic ring is 1. The van der Waals surface area contributed by atoms with Crippen molar-refractivity contribution < 1.29 is 9.90 Å². The van der Waals surface area contributed by atoms with Crippen LogP contribution in [0, 0.1) is 11.3 Å². The van der Waals surface area contributed by atoms with E-state index in [0.717, 1.165) is 10.4 Å². The van der Waals surface area contributed by atoms with E-state index in [2.05, 4.69) is 0 Å². The van der Waals surface area contributed by atoms with E-state index in [1.807, 2.05) is 13.0 Å². The van der Waals surface area contributed by atoms with Gasteiger partial charge in [0.15, 0.2) is 0 Å². The van der Waals surface area contributed by atoms with Crippen molar-refractivity contribution >= 4 is 22.4 Å². The lowest BCUT2D eigenvalue weighted by atomic mass is 10.0. The van der Waals surface area contributed by atoms with Crippen LogP contribution in [0.5, 0.6) is 0 Å². The lowest BCUT2D eigenvalue weighted by Gasteiger charge is -2.30. The number of nitrogens with two attached hydrogens (primary N) is 1. The van der Waals surface area contributed by atoms with Gasteiger partial charge in [0.2, 0.25) is 0 Å². The predicted molar refractivity (Wildman–Crippen MR) is 60.2 cm³/mol. The topological polar surface area (TPSA) is 90.4 Å². The fraction of sp³-hybridized carbons (Fsp3) is 0.400. The van der Waals surface area contributed by atoms with E-state index in [-0.39, 0.29) is 12.6 Å². The molecule has 6 heteroatoms. The van der Waals surface area contributed by atoms with Gasteiger partial charge in [-0.25, -0.2) is 4.79 Å². The molecule has 2 heterocycles. The van der Waals surface area contributed by atoms with Crippen LogP contribution in [0.2, 0.25) is 0 Å². The molecular weight excluding hydrogens is 226 g/mol. The van der Waals surface area contributed by atoms with Gasteiger partial charge in [-0.15, -0.1) is 11.3 Å². The van der Waals surface area contributed by atoms with E-state index in [1.54, 1.807) is 0 Å². The van der Waals surface area contributed by atoms with Gasteiger partial charge in [0.05, 0.1) is 12.1 Å². The van der Waals surface area contributed by atoms with Crippen LogP contribution < -0.4 is 5.73 Å². The molecule has 16 heavy (non-hydrogen) atoms. The van der Waals surface area contributed by atoms with Crippen molar-refractivity contribution in [3.63, 3.8) is 0 Å². The Morgan fingerprint density at radius 1 is 1.75 bits per heavy atom. The quantitative estimate of drug-likeness (QED) is 0.717. The van der Waals surface area contributed by atoms with Crippen molar-refractivity contribution in [1.29, 1.82) is 5.26 Å². The lowest BCUT2D eigenvalue weighted by molar-refractivity contribution is 0.120. The van der Waals surface area contributed by atoms with E-state index in [9.17, 15) is 4.79 Å². The fourth-order valence-electron chi connectivity index (χ4n) is 1.95. The van der Waals surface area contributed by atoms with Crippen LogP contribution >= 0.6 is 11.3 Å². The van der Waals surface area contributed by atoms with Gasteiger partial charge in [-0.05, 0) is 6.92 Å². The summed E-state index contributed by atoms with van der Waals surface area (Å²) >= 11 is 1.39. The number of rotatable bonds is 0. The van der Waals surface area contributed by atoms with Crippen LogP contribution in [0.4, 0.5) is 9.80 Å². The average molecular weight is 237 g/mol. The minimum atomic E-state index is -0.952. The fourth-order valence-corrected chi connectivity index (χ4v) is 3.10. The van der Waals surface area contributed by atoms with Gasteiger partial charge in [-0.2, -0.15) is 5.26 Å². The zero-order valence-electron chi connectivity index (χ0n) is 8.73. The molecule has 2 rings (SSSR count). The molecule has 0 saturated carbocycles. The van der Waals surface area contributed by atoms with E-state index in [4.69, 9.17) is 16.1 Å². The van der Waals surface area contributed by atoms with Crippen molar-refractivity contribution in [2.45, 2.75) is 25.9 Å². The molecule has 0 bridgehead atoms. The Hall–Kier alpha value is -1.74. The van der Waals surface area contributed by atoms with Gasteiger partial charge in [0.1, 0.15) is 11.1 Å². The average Bonchev–Trinajstić information content (AvgIpc) is 2.50. The number of nitrogens with zero attached hydrogens (tertiary/aromatic N) is 2. The van der Waals surface area contributed by atoms with Gasteiger partial charge >= 0.3 is 6.09 Å². The summed E-state index contributed by atoms with van der Waals surface area (Å²) in [4.78, 5) is 13.4. The molecule has 0 radical (unpaired) electrons. The molecule has 5 nitrogen and oxygen atoms in total. The predicted octanol–water partition coefficient (Wildman–Crippen LogP) is 1.63. The Labute approximate surface area is 96.7 Å². The standard InChI is InChI=1S/C10H11N3O2S/c1-5-2-8-7(4-13(5)10(14)15)6(3-11)9(12)16-8/h5H,2,4,12H2,1H3,(H,14,15). The van der Waals surface area contributed by atoms with E-state index < -0.39 is 6.09 Å². The maximum Gasteiger partial charge on any atom is 0.407 e. The number of carboxylic acid groups (broad SMARTS) is 1. The van der Waals surface area contributed by atoms with Crippen LogP contribution in [-0.2, 0) is 13.0 Å². The number of fused-ring (bicyclic) bond motifs is 1. The molecule has 1 aliphatic rings. The van der Waals surface area contributed by atoms with Gasteiger partial charge in [-0.1, -0.05) is 0 Å². The third-order valence-corrected chi connectivity index (χ3v) is 3.90. The second-order valence-corrected chi connectivity index (χ2v) is 4.96. The van der Waals surface area contributed by atoms with Crippen molar-refractivity contribution in [1.82, 2.24) is 4.90 Å². The summed E-state index contributed by atoms with van der Waals surface area (Å²) in [7, 11) is 0. The summed E-state index contributed by atoms with van der Waals surface area (Å²) in [6.07, 6.45) is -0.315. The number of hydrogen-bond acceptors (Lipinski definition) is 4. The molecule has 0 fully saturated rings. The Balaban J connectivity index is 2.45. The monoisotopic (exact) mass is 237 g/mol. The number of carbonyl (C=O) groups is 1. The number of thiophene rings is 1. The van der Waals surface area contributed by atoms with Crippen molar-refractivity contribution in [3.8, 4) is 6.07 Å². The highest BCUT2D eigenvalue weighted by atomic mass is 32.1. The summed E-state index contributed by atoms with van der Waals surface area (Å²) in [6.45, 7) is 2.13. The summed E-state index contributed by atoms with van der Waals surface area (Å²) in [6, 6.07) is 1.98. The molecule has 1 aliphatic heterocycles. The zero-order valence-corrected chi connectivity index (χ0v) is 9.54. The van der Waals surface area contributed by atoms with Crippen molar-refractivity contribution in [3.05, 3.63) is 16.0 Å². The molecule has 1 aromatic heterocycles. The minimum Gasteiger partial charge on any atom is -0.465 e. The third-order valence-electron chi connectivity index (χ3n) is 2.82. The number of nitriles is 1. The first-order valence-electron chi connectivity index (χ1n) is 4.84. The summed E-state index contributed by atoms with van der Waals surface area (Å²) < 4.78 is 0. The second kappa shape index (κ2) is 3.68. The van der Waals surface area contributed by atoms with Crippen LogP contribution in [0.25, 0.3) is 0 Å². The molecule has 0 aromatic carbocycles. The maximum absolute atomic E-state index is 11.0. The first-order chi connectivity index (χ1) is 7.54. The molecule has 1 amide bonds. The van der Waals surface area contributed by atoms with Gasteiger partial charge < -0.3 is 15.7 Å². The third kappa shape index (κ3) is 1.49. The SMILES string of the molecule is CC1Cc2sc(N)c(C#N)c2CN1C(=O)O. The Kier molecular flexibility index (Phi) is 2.48. The number of anilines is 1. The van der Waals surface area contributed by atoms with Crippen LogP contribution in [0.1, 0.15) is 22.9 Å². The van der Waals surface area contributed by atoms with Crippen molar-refractivity contribution in [2.75, 3.05) is 5.73 Å². The molecule has 3 N–H and O–H groups in total. The summed E-state index contributed by atoms with van der Waals surface area (Å²) in [5.74, 6) is 0. The maximum atomic E-state index is 11.0. The Morgan fingerprint density at radius 2 is 2.44 bits per heavy atom. The highest BCUT2D eigenvalue weighted by Gasteiger charge is 2.30. The molecule has 1 atom stereocenters. The highest BCUT2D eigenvalue weighted by Crippen LogP contribution is 2.36. The first-order valence-corrected chi connectivity index (χ1v) is 5.66. The van der Waals surface area contributed by atoms with Crippen molar-refractivity contribution in [2.24, 2.45) is 0 Å². The molecule has 0 spiro atoms. The first kappa shape index (κ1) is 10.8. The van der Waals surface area contributed by atoms with Crippen LogP contribution in [0.3, 0.4) is 0 Å². The molecule has 1 unspecified atom stereocenters. The van der Waals surface area contributed by atoms with E-state index >= 15 is 0 Å². The number of hydrogen-bond donors (Lipinski definition) is 2. The molecule has 1 aromatic rings. The van der Waals surface area contributed by atoms with Crippen LogP contribution in [0.15, 0.2) is 0 Å². The highest BCUT2D eigenvalue weighted by molar-refractivity contribution is 7.16. The Morgan fingerprint density at radius 3 is 3.00 bits per heavy atom. The molecule has 0 aliphatic carbocycles. The van der Waals surface area contributed by atoms with Gasteiger partial charge in [0, 0.05) is 22.9 Å². The van der Waals surface area contributed by atoms with E-state index in [0.29, 0.717) is 17.0 Å². The molecule has 0 saturated heterocycles. The smallest absolute Gasteiger partial charge is 0.407 e. The van der Waals surface area contributed by atoms with Gasteiger partial charge in [0.25, 0.3) is 0 Å². The largest absolute Gasteiger partial charge is 0.465 e. The second-order valence-electron chi connectivity index (χ2n) is 3.82. The molecule has 84 valence electrons. The summed E-state index contributed by atoms with van der Waals surface area (Å²) in [5, 5.41) is 18.5. The number of amides is 1. The Bertz CT molecular complexity index is 489.